The number of unbranched alkanes of at least 4 members (excludes halogenated alkanes) is 1. The van der Waals surface area contributed by atoms with E-state index in [0.29, 0.717) is 18.6 Å². The smallest absolute Gasteiger partial charge is 0.189 e. The summed E-state index contributed by atoms with van der Waals surface area (Å²) in [6.45, 7) is 4.19. The molecule has 6 atom stereocenters. The van der Waals surface area contributed by atoms with Crippen LogP contribution in [0.4, 0.5) is 0 Å². The molecule has 2 fully saturated rings. The van der Waals surface area contributed by atoms with Gasteiger partial charge < -0.3 is 24.2 Å². The number of likely N-dealkylation sites (tertiary alicyclic amines) is 1. The quantitative estimate of drug-likeness (QED) is 0.454. The van der Waals surface area contributed by atoms with Gasteiger partial charge in [0.25, 0.3) is 0 Å². The third kappa shape index (κ3) is 2.21. The van der Waals surface area contributed by atoms with E-state index >= 15 is 0 Å². The van der Waals surface area contributed by atoms with E-state index < -0.39 is 6.10 Å². The molecule has 1 saturated carbocycles. The van der Waals surface area contributed by atoms with Crippen LogP contribution in [0.15, 0.2) is 24.3 Å². The monoisotopic (exact) mass is 397 g/mol. The van der Waals surface area contributed by atoms with Crippen LogP contribution in [0.1, 0.15) is 43.7 Å². The Morgan fingerprint density at radius 2 is 2.21 bits per heavy atom. The Labute approximate surface area is 172 Å². The van der Waals surface area contributed by atoms with Crippen LogP contribution >= 0.6 is 0 Å². The lowest BCUT2D eigenvalue weighted by molar-refractivity contribution is -0.00139. The minimum absolute atomic E-state index is 0.107. The summed E-state index contributed by atoms with van der Waals surface area (Å²) in [4.78, 5) is 2.55. The summed E-state index contributed by atoms with van der Waals surface area (Å²) >= 11 is 0. The zero-order valence-electron chi connectivity index (χ0n) is 17.4. The van der Waals surface area contributed by atoms with Crippen molar-refractivity contribution in [1.29, 1.82) is 0 Å². The van der Waals surface area contributed by atoms with Crippen LogP contribution in [0.25, 0.3) is 0 Å². The van der Waals surface area contributed by atoms with Crippen molar-refractivity contribution in [3.8, 4) is 11.5 Å². The summed E-state index contributed by atoms with van der Waals surface area (Å²) < 4.78 is 18.2. The number of rotatable bonds is 6. The van der Waals surface area contributed by atoms with Crippen molar-refractivity contribution in [2.24, 2.45) is 11.3 Å². The van der Waals surface area contributed by atoms with Crippen molar-refractivity contribution in [1.82, 2.24) is 4.90 Å². The Balaban J connectivity index is 1.43. The molecule has 3 aliphatic carbocycles. The topological polar surface area (TPSA) is 51.2 Å². The molecule has 1 spiro atoms. The number of aliphatic hydroxyl groups excluding tert-OH is 1. The molecule has 1 saturated heterocycles. The largest absolute Gasteiger partial charge is 0.482 e. The lowest BCUT2D eigenvalue weighted by Crippen LogP contribution is -2.54. The van der Waals surface area contributed by atoms with Crippen molar-refractivity contribution in [2.75, 3.05) is 27.0 Å². The molecule has 2 aliphatic heterocycles. The molecule has 5 aliphatic rings. The van der Waals surface area contributed by atoms with Crippen molar-refractivity contribution >= 4 is 0 Å². The van der Waals surface area contributed by atoms with E-state index in [9.17, 15) is 5.11 Å². The molecule has 1 aromatic rings. The first-order valence-corrected chi connectivity index (χ1v) is 11.2. The van der Waals surface area contributed by atoms with Crippen LogP contribution in [0, 0.1) is 11.3 Å². The molecule has 156 valence electrons. The standard InChI is InChI=1S/C24H31NO4/c1-3-4-11-27-14-28-18-6-5-15-12-16-21-23(13-25(16)2)8-7-17(26)22-24(21,10-9-23)19(15)20(18)29-22/h5-8,16-17,21-22,26H,3-4,9-14H2,1-2H3/t16-,17+,21?,22+,23?,24?/m1/s1. The average Bonchev–Trinajstić information content (AvgIpc) is 3.31. The van der Waals surface area contributed by atoms with E-state index in [4.69, 9.17) is 14.2 Å². The van der Waals surface area contributed by atoms with Crippen LogP contribution in [0.3, 0.4) is 0 Å². The van der Waals surface area contributed by atoms with E-state index in [1.165, 1.54) is 17.5 Å². The normalized spacial score (nSPS) is 40.7. The van der Waals surface area contributed by atoms with Crippen molar-refractivity contribution in [2.45, 2.75) is 62.7 Å². The maximum atomic E-state index is 11.0. The molecule has 2 heterocycles. The number of aliphatic hydroxyl groups is 1. The molecule has 5 heteroatoms. The van der Waals surface area contributed by atoms with Crippen LogP contribution in [-0.4, -0.2) is 55.2 Å². The first kappa shape index (κ1) is 18.2. The first-order valence-electron chi connectivity index (χ1n) is 11.2. The van der Waals surface area contributed by atoms with Gasteiger partial charge in [0.2, 0.25) is 0 Å². The molecule has 2 bridgehead atoms. The molecule has 0 radical (unpaired) electrons. The van der Waals surface area contributed by atoms with Gasteiger partial charge in [-0.05, 0) is 50.3 Å². The lowest BCUT2D eigenvalue weighted by atomic mass is 9.58. The van der Waals surface area contributed by atoms with Gasteiger partial charge in [-0.2, -0.15) is 0 Å². The fourth-order valence-electron chi connectivity index (χ4n) is 7.41. The highest BCUT2D eigenvalue weighted by Crippen LogP contribution is 2.71. The third-order valence-corrected chi connectivity index (χ3v) is 8.40. The lowest BCUT2D eigenvalue weighted by Gasteiger charge is -2.45. The second kappa shape index (κ2) is 6.22. The summed E-state index contributed by atoms with van der Waals surface area (Å²) in [6, 6.07) is 4.79. The van der Waals surface area contributed by atoms with E-state index in [-0.39, 0.29) is 23.7 Å². The molecular weight excluding hydrogens is 366 g/mol. The summed E-state index contributed by atoms with van der Waals surface area (Å²) in [5.41, 5.74) is 2.76. The summed E-state index contributed by atoms with van der Waals surface area (Å²) in [6.07, 6.45) is 9.02. The highest BCUT2D eigenvalue weighted by Gasteiger charge is 2.73. The predicted molar refractivity (Wildman–Crippen MR) is 109 cm³/mol. The molecular formula is C24H31NO4. The number of hydrogen-bond acceptors (Lipinski definition) is 5. The minimum atomic E-state index is -0.573. The van der Waals surface area contributed by atoms with E-state index in [1.54, 1.807) is 0 Å². The van der Waals surface area contributed by atoms with Gasteiger partial charge >= 0.3 is 0 Å². The minimum Gasteiger partial charge on any atom is -0.482 e. The molecule has 3 unspecified atom stereocenters. The number of ether oxygens (including phenoxy) is 3. The van der Waals surface area contributed by atoms with Crippen LogP contribution in [-0.2, 0) is 16.6 Å². The Hall–Kier alpha value is -1.56. The SMILES string of the molecule is CCCCOCOc1ccc2c3c1O[C@H]1[C@@H](O)C=CC45CCC31C4[C@@H](C2)N(C)C5. The van der Waals surface area contributed by atoms with Gasteiger partial charge in [-0.1, -0.05) is 31.6 Å². The van der Waals surface area contributed by atoms with Gasteiger partial charge in [0, 0.05) is 29.0 Å². The van der Waals surface area contributed by atoms with Crippen molar-refractivity contribution < 1.29 is 19.3 Å². The molecule has 29 heavy (non-hydrogen) atoms. The highest BCUT2D eigenvalue weighted by molar-refractivity contribution is 5.62. The molecule has 0 aromatic heterocycles. The summed E-state index contributed by atoms with van der Waals surface area (Å²) in [7, 11) is 2.27. The molecule has 0 amide bonds. The Bertz CT molecular complexity index is 869. The van der Waals surface area contributed by atoms with Crippen LogP contribution < -0.4 is 9.47 Å². The van der Waals surface area contributed by atoms with Crippen molar-refractivity contribution in [3.05, 3.63) is 35.4 Å². The maximum absolute atomic E-state index is 11.0. The van der Waals surface area contributed by atoms with E-state index in [1.807, 2.05) is 12.1 Å². The summed E-state index contributed by atoms with van der Waals surface area (Å²) in [5, 5.41) is 11.0. The second-order valence-corrected chi connectivity index (χ2v) is 9.78. The first-order chi connectivity index (χ1) is 14.1. The van der Waals surface area contributed by atoms with Gasteiger partial charge in [-0.15, -0.1) is 0 Å². The maximum Gasteiger partial charge on any atom is 0.189 e. The van der Waals surface area contributed by atoms with Crippen LogP contribution in [0.2, 0.25) is 0 Å². The number of benzene rings is 1. The van der Waals surface area contributed by atoms with Gasteiger partial charge in [0.15, 0.2) is 18.3 Å². The third-order valence-electron chi connectivity index (χ3n) is 8.40. The zero-order chi connectivity index (χ0) is 19.8. The van der Waals surface area contributed by atoms with Gasteiger partial charge in [0.1, 0.15) is 12.2 Å². The number of nitrogens with zero attached hydrogens (tertiary/aromatic N) is 1. The highest BCUT2D eigenvalue weighted by atomic mass is 16.7. The van der Waals surface area contributed by atoms with Gasteiger partial charge in [-0.25, -0.2) is 0 Å². The number of likely N-dealkylation sites (N-methyl/N-ethyl adjacent to an activating group) is 1. The van der Waals surface area contributed by atoms with Gasteiger partial charge in [0.05, 0.1) is 6.61 Å². The fourth-order valence-corrected chi connectivity index (χ4v) is 7.41. The van der Waals surface area contributed by atoms with Crippen molar-refractivity contribution in [3.63, 3.8) is 0 Å². The number of hydrogen-bond donors (Lipinski definition) is 1. The fraction of sp³-hybridized carbons (Fsp3) is 0.667. The van der Waals surface area contributed by atoms with E-state index in [2.05, 4.69) is 31.0 Å². The second-order valence-electron chi connectivity index (χ2n) is 9.78. The molecule has 5 nitrogen and oxygen atoms in total. The van der Waals surface area contributed by atoms with Gasteiger partial charge in [-0.3, -0.25) is 0 Å². The van der Waals surface area contributed by atoms with E-state index in [0.717, 1.165) is 43.7 Å². The predicted octanol–water partition coefficient (Wildman–Crippen LogP) is 3.04. The van der Waals surface area contributed by atoms with Crippen LogP contribution in [0.5, 0.6) is 11.5 Å². The molecule has 1 N–H and O–H groups in total. The molecule has 1 aromatic carbocycles. The summed E-state index contributed by atoms with van der Waals surface area (Å²) in [5.74, 6) is 2.13. The average molecular weight is 398 g/mol. The zero-order valence-corrected chi connectivity index (χ0v) is 17.4. The Kier molecular flexibility index (Phi) is 3.91. The molecule has 6 rings (SSSR count). The Morgan fingerprint density at radius 1 is 1.31 bits per heavy atom. The Morgan fingerprint density at radius 3 is 3.07 bits per heavy atom.